The topological polar surface area (TPSA) is 119 Å². The summed E-state index contributed by atoms with van der Waals surface area (Å²) in [6.45, 7) is 1.98. The first-order valence-electron chi connectivity index (χ1n) is 9.34. The predicted molar refractivity (Wildman–Crippen MR) is 113 cm³/mol. The molecule has 0 unspecified atom stereocenters. The number of fused-ring (bicyclic) bond motifs is 1. The second-order valence-electron chi connectivity index (χ2n) is 6.91. The van der Waals surface area contributed by atoms with E-state index < -0.39 is 21.5 Å². The first-order chi connectivity index (χ1) is 14.3. The van der Waals surface area contributed by atoms with E-state index in [-0.39, 0.29) is 22.3 Å². The van der Waals surface area contributed by atoms with E-state index in [9.17, 15) is 18.0 Å². The van der Waals surface area contributed by atoms with Gasteiger partial charge < -0.3 is 4.74 Å². The number of carbonyl (C=O) groups excluding carboxylic acids is 1. The van der Waals surface area contributed by atoms with Crippen molar-refractivity contribution in [3.63, 3.8) is 0 Å². The largest absolute Gasteiger partial charge is 0.495 e. The fraction of sp³-hybridized carbons (Fsp3) is 0.316. The third kappa shape index (κ3) is 3.95. The summed E-state index contributed by atoms with van der Waals surface area (Å²) in [5.74, 6) is -0.514. The number of methoxy groups -OCH3 is 1. The Morgan fingerprint density at radius 3 is 2.77 bits per heavy atom. The summed E-state index contributed by atoms with van der Waals surface area (Å²) in [5, 5.41) is 0.422. The molecule has 0 bridgehead atoms. The minimum Gasteiger partial charge on any atom is -0.495 e. The van der Waals surface area contributed by atoms with Crippen molar-refractivity contribution in [3.8, 4) is 5.75 Å². The van der Waals surface area contributed by atoms with Crippen LogP contribution in [0.15, 0.2) is 40.3 Å². The highest BCUT2D eigenvalue weighted by molar-refractivity contribution is 7.89. The smallest absolute Gasteiger partial charge is 0.280 e. The van der Waals surface area contributed by atoms with Gasteiger partial charge in [0, 0.05) is 16.5 Å². The lowest BCUT2D eigenvalue weighted by Gasteiger charge is -2.13. The zero-order chi connectivity index (χ0) is 21.5. The van der Waals surface area contributed by atoms with Crippen LogP contribution in [-0.2, 0) is 16.4 Å². The molecule has 1 saturated carbocycles. The molecule has 0 aliphatic heterocycles. The number of benzene rings is 1. The Morgan fingerprint density at radius 2 is 2.10 bits per heavy atom. The quantitative estimate of drug-likeness (QED) is 0.569. The molecule has 0 saturated heterocycles. The van der Waals surface area contributed by atoms with Gasteiger partial charge in [-0.05, 0) is 43.5 Å². The zero-order valence-electron chi connectivity index (χ0n) is 16.3. The van der Waals surface area contributed by atoms with Crippen molar-refractivity contribution in [1.29, 1.82) is 0 Å². The van der Waals surface area contributed by atoms with Crippen molar-refractivity contribution < 1.29 is 17.9 Å². The molecule has 30 heavy (non-hydrogen) atoms. The first-order valence-corrected chi connectivity index (χ1v) is 11.6. The molecule has 0 spiro atoms. The number of aryl methyl sites for hydroxylation is 1. The molecule has 1 aliphatic rings. The average Bonchev–Trinajstić information content (AvgIpc) is 3.43. The number of nitrogens with one attached hydrogen (secondary N) is 2. The Hall–Kier alpha value is -2.76. The predicted octanol–water partition coefficient (Wildman–Crippen LogP) is 1.85. The van der Waals surface area contributed by atoms with Crippen LogP contribution >= 0.6 is 11.3 Å². The molecule has 11 heteroatoms. The van der Waals surface area contributed by atoms with Gasteiger partial charge >= 0.3 is 0 Å². The molecule has 3 aromatic rings. The van der Waals surface area contributed by atoms with Crippen molar-refractivity contribution in [2.45, 2.75) is 37.1 Å². The van der Waals surface area contributed by atoms with Crippen molar-refractivity contribution in [2.24, 2.45) is 0 Å². The van der Waals surface area contributed by atoms with Gasteiger partial charge in [0.25, 0.3) is 11.5 Å². The number of carbonyl (C=O) groups is 1. The van der Waals surface area contributed by atoms with Gasteiger partial charge in [-0.15, -0.1) is 11.3 Å². The number of ether oxygens (including phenoxy) is 1. The Morgan fingerprint density at radius 1 is 1.33 bits per heavy atom. The van der Waals surface area contributed by atoms with E-state index in [2.05, 4.69) is 15.1 Å². The van der Waals surface area contributed by atoms with Gasteiger partial charge in [0.2, 0.25) is 10.0 Å². The van der Waals surface area contributed by atoms with E-state index in [1.807, 2.05) is 6.92 Å². The molecule has 2 heterocycles. The summed E-state index contributed by atoms with van der Waals surface area (Å²) in [5.41, 5.74) is 2.13. The van der Waals surface area contributed by atoms with E-state index in [0.29, 0.717) is 10.2 Å². The minimum atomic E-state index is -3.84. The van der Waals surface area contributed by atoms with Gasteiger partial charge in [0.1, 0.15) is 21.8 Å². The summed E-state index contributed by atoms with van der Waals surface area (Å²) >= 11 is 1.43. The van der Waals surface area contributed by atoms with Crippen LogP contribution in [0.1, 0.15) is 35.0 Å². The number of thiophene rings is 1. The molecule has 0 radical (unpaired) electrons. The summed E-state index contributed by atoms with van der Waals surface area (Å²) in [6, 6.07) is 5.75. The summed E-state index contributed by atoms with van der Waals surface area (Å²) in [7, 11) is -2.48. The third-order valence-electron chi connectivity index (χ3n) is 4.69. The van der Waals surface area contributed by atoms with E-state index in [1.54, 1.807) is 6.07 Å². The third-order valence-corrected chi connectivity index (χ3v) is 7.42. The van der Waals surface area contributed by atoms with Crippen LogP contribution in [0.4, 0.5) is 0 Å². The van der Waals surface area contributed by atoms with Gasteiger partial charge in [0.15, 0.2) is 0 Å². The molecule has 1 aromatic carbocycles. The van der Waals surface area contributed by atoms with Crippen molar-refractivity contribution in [3.05, 3.63) is 51.4 Å². The SMILES string of the molecule is CCc1cc2c(=O)n(NC(=O)c3ccc(OC)c(S(=O)(=O)NC4CC4)c3)cnc2s1. The number of nitrogens with zero attached hydrogens (tertiary/aromatic N) is 2. The summed E-state index contributed by atoms with van der Waals surface area (Å²) < 4.78 is 34.0. The molecule has 1 aliphatic carbocycles. The fourth-order valence-corrected chi connectivity index (χ4v) is 5.34. The second kappa shape index (κ2) is 7.82. The first kappa shape index (κ1) is 20.5. The number of amides is 1. The zero-order valence-corrected chi connectivity index (χ0v) is 18.0. The fourth-order valence-electron chi connectivity index (χ4n) is 2.91. The van der Waals surface area contributed by atoms with Crippen LogP contribution in [0.25, 0.3) is 10.2 Å². The molecule has 2 aromatic heterocycles. The number of hydrogen-bond acceptors (Lipinski definition) is 7. The standard InChI is InChI=1S/C19H20N4O5S2/c1-3-13-9-14-18(29-13)20-10-23(19(14)25)21-17(24)11-4-7-15(28-2)16(8-11)30(26,27)22-12-5-6-12/h4,7-10,12,22H,3,5-6H2,1-2H3,(H,21,24). The van der Waals surface area contributed by atoms with Crippen LogP contribution < -0.4 is 20.4 Å². The van der Waals surface area contributed by atoms with E-state index in [1.165, 1.54) is 43.0 Å². The molecule has 9 nitrogen and oxygen atoms in total. The Kier molecular flexibility index (Phi) is 5.35. The number of aromatic nitrogens is 2. The minimum absolute atomic E-state index is 0.0681. The Labute approximate surface area is 176 Å². The lowest BCUT2D eigenvalue weighted by molar-refractivity contribution is 0.101. The van der Waals surface area contributed by atoms with Crippen LogP contribution in [0.5, 0.6) is 5.75 Å². The normalized spacial score (nSPS) is 14.1. The van der Waals surface area contributed by atoms with Crippen LogP contribution in [0, 0.1) is 0 Å². The van der Waals surface area contributed by atoms with Gasteiger partial charge in [-0.3, -0.25) is 15.0 Å². The van der Waals surface area contributed by atoms with Gasteiger partial charge in [-0.2, -0.15) is 0 Å². The molecule has 0 atom stereocenters. The van der Waals surface area contributed by atoms with Crippen LogP contribution in [0.3, 0.4) is 0 Å². The number of sulfonamides is 1. The molecular formula is C19H20N4O5S2. The van der Waals surface area contributed by atoms with Gasteiger partial charge in [-0.25, -0.2) is 22.8 Å². The summed E-state index contributed by atoms with van der Waals surface area (Å²) in [6.07, 6.45) is 3.59. The molecule has 158 valence electrons. The van der Waals surface area contributed by atoms with E-state index in [0.717, 1.165) is 28.8 Å². The average molecular weight is 449 g/mol. The van der Waals surface area contributed by atoms with E-state index in [4.69, 9.17) is 4.74 Å². The van der Waals surface area contributed by atoms with Crippen molar-refractivity contribution in [1.82, 2.24) is 14.4 Å². The molecule has 1 fully saturated rings. The Balaban J connectivity index is 1.65. The second-order valence-corrected chi connectivity index (χ2v) is 9.70. The molecule has 4 rings (SSSR count). The van der Waals surface area contributed by atoms with Crippen molar-refractivity contribution >= 4 is 37.5 Å². The van der Waals surface area contributed by atoms with Crippen LogP contribution in [0.2, 0.25) is 0 Å². The number of rotatable bonds is 7. The highest BCUT2D eigenvalue weighted by atomic mass is 32.2. The number of hydrogen-bond donors (Lipinski definition) is 2. The van der Waals surface area contributed by atoms with Gasteiger partial charge in [-0.1, -0.05) is 6.92 Å². The molecular weight excluding hydrogens is 428 g/mol. The van der Waals surface area contributed by atoms with Crippen LogP contribution in [-0.4, -0.2) is 37.1 Å². The summed E-state index contributed by atoms with van der Waals surface area (Å²) in [4.78, 5) is 31.1. The lowest BCUT2D eigenvalue weighted by Crippen LogP contribution is -2.33. The maximum Gasteiger partial charge on any atom is 0.280 e. The molecule has 2 N–H and O–H groups in total. The maximum absolute atomic E-state index is 12.7. The van der Waals surface area contributed by atoms with E-state index >= 15 is 0 Å². The lowest BCUT2D eigenvalue weighted by atomic mass is 10.2. The van der Waals surface area contributed by atoms with Gasteiger partial charge in [0.05, 0.1) is 12.5 Å². The van der Waals surface area contributed by atoms with Crippen molar-refractivity contribution in [2.75, 3.05) is 12.5 Å². The Bertz CT molecular complexity index is 1290. The maximum atomic E-state index is 12.7. The highest BCUT2D eigenvalue weighted by Crippen LogP contribution is 2.28. The molecule has 1 amide bonds. The highest BCUT2D eigenvalue weighted by Gasteiger charge is 2.30. The monoisotopic (exact) mass is 448 g/mol.